The SMILES string of the molecule is CCCCC/C=C/C=C/C=C/C=C/CCCCCCCC(=O)OC(CCCCCCC/C=C/CCCCCCCC)CC(=O)NC(CO)C(O)CCCCCCCCCCC. The standard InChI is InChI=1S/C55H99NO5/c1-4-7-10-13-16-19-21-23-25-26-27-29-31-33-36-39-42-45-48-55(60)61-51(46-43-40-37-35-32-30-28-24-22-20-17-14-11-8-5-2)49-54(59)56-52(50-57)53(58)47-44-41-38-34-18-15-12-9-6-3/h16,19,21,23-29,51-53,57-58H,4-15,17-18,20,22,30-50H2,1-3H3,(H,56,59)/b19-16+,23-21+,26-25+,28-24+,29-27+. The molecule has 0 aromatic heterocycles. The molecular weight excluding hydrogens is 755 g/mol. The molecule has 0 saturated carbocycles. The molecule has 61 heavy (non-hydrogen) atoms. The van der Waals surface area contributed by atoms with Crippen molar-refractivity contribution in [2.75, 3.05) is 6.61 Å². The Morgan fingerprint density at radius 3 is 1.34 bits per heavy atom. The van der Waals surface area contributed by atoms with Gasteiger partial charge in [0.25, 0.3) is 0 Å². The van der Waals surface area contributed by atoms with Gasteiger partial charge in [0.1, 0.15) is 6.10 Å². The summed E-state index contributed by atoms with van der Waals surface area (Å²) in [5.41, 5.74) is 0. The Bertz CT molecular complexity index is 1090. The molecule has 0 aromatic carbocycles. The Morgan fingerprint density at radius 1 is 0.475 bits per heavy atom. The largest absolute Gasteiger partial charge is 0.462 e. The Labute approximate surface area is 378 Å². The molecule has 354 valence electrons. The van der Waals surface area contributed by atoms with Crippen LogP contribution in [-0.2, 0) is 14.3 Å². The summed E-state index contributed by atoms with van der Waals surface area (Å²) in [6, 6.07) is -0.709. The maximum absolute atomic E-state index is 13.2. The van der Waals surface area contributed by atoms with Crippen molar-refractivity contribution in [3.63, 3.8) is 0 Å². The van der Waals surface area contributed by atoms with Gasteiger partial charge in [-0.3, -0.25) is 9.59 Å². The minimum absolute atomic E-state index is 0.0611. The van der Waals surface area contributed by atoms with Gasteiger partial charge >= 0.3 is 5.97 Å². The van der Waals surface area contributed by atoms with Crippen LogP contribution < -0.4 is 5.32 Å². The summed E-state index contributed by atoms with van der Waals surface area (Å²) in [5.74, 6) is -0.507. The summed E-state index contributed by atoms with van der Waals surface area (Å²) < 4.78 is 5.92. The maximum Gasteiger partial charge on any atom is 0.306 e. The van der Waals surface area contributed by atoms with E-state index in [1.54, 1.807) is 0 Å². The lowest BCUT2D eigenvalue weighted by atomic mass is 10.0. The quantitative estimate of drug-likeness (QED) is 0.0245. The number of amides is 1. The lowest BCUT2D eigenvalue weighted by Gasteiger charge is -2.24. The van der Waals surface area contributed by atoms with Crippen molar-refractivity contribution in [3.05, 3.63) is 60.8 Å². The third-order valence-corrected chi connectivity index (χ3v) is 11.7. The number of carbonyl (C=O) groups excluding carboxylic acids is 2. The van der Waals surface area contributed by atoms with Gasteiger partial charge in [-0.2, -0.15) is 0 Å². The highest BCUT2D eigenvalue weighted by molar-refractivity contribution is 5.77. The molecule has 0 saturated heterocycles. The molecule has 6 nitrogen and oxygen atoms in total. The second kappa shape index (κ2) is 48.6. The minimum Gasteiger partial charge on any atom is -0.462 e. The summed E-state index contributed by atoms with van der Waals surface area (Å²) in [4.78, 5) is 26.1. The van der Waals surface area contributed by atoms with Gasteiger partial charge in [0.05, 0.1) is 25.2 Å². The zero-order chi connectivity index (χ0) is 44.5. The van der Waals surface area contributed by atoms with Gasteiger partial charge in [-0.25, -0.2) is 0 Å². The van der Waals surface area contributed by atoms with E-state index in [-0.39, 0.29) is 24.9 Å². The van der Waals surface area contributed by atoms with Crippen LogP contribution in [0.1, 0.15) is 252 Å². The third kappa shape index (κ3) is 44.0. The summed E-state index contributed by atoms with van der Waals surface area (Å²) >= 11 is 0. The Kier molecular flexibility index (Phi) is 46.6. The molecule has 0 rings (SSSR count). The number of unbranched alkanes of at least 4 members (excludes halogenated alkanes) is 27. The number of rotatable bonds is 46. The molecule has 0 spiro atoms. The van der Waals surface area contributed by atoms with Gasteiger partial charge in [0.2, 0.25) is 5.91 Å². The van der Waals surface area contributed by atoms with Gasteiger partial charge < -0.3 is 20.3 Å². The van der Waals surface area contributed by atoms with E-state index in [0.29, 0.717) is 19.3 Å². The van der Waals surface area contributed by atoms with Crippen molar-refractivity contribution < 1.29 is 24.5 Å². The molecule has 3 N–H and O–H groups in total. The highest BCUT2D eigenvalue weighted by atomic mass is 16.5. The molecule has 0 heterocycles. The van der Waals surface area contributed by atoms with Crippen molar-refractivity contribution in [1.82, 2.24) is 5.32 Å². The fraction of sp³-hybridized carbons (Fsp3) is 0.782. The van der Waals surface area contributed by atoms with Crippen molar-refractivity contribution >= 4 is 11.9 Å². The van der Waals surface area contributed by atoms with E-state index < -0.39 is 18.2 Å². The summed E-state index contributed by atoms with van der Waals surface area (Å²) in [5, 5.41) is 23.7. The normalized spacial score (nSPS) is 13.7. The zero-order valence-electron chi connectivity index (χ0n) is 40.3. The fourth-order valence-corrected chi connectivity index (χ4v) is 7.67. The van der Waals surface area contributed by atoms with Gasteiger partial charge in [-0.1, -0.05) is 223 Å². The molecule has 0 radical (unpaired) electrons. The van der Waals surface area contributed by atoms with E-state index in [4.69, 9.17) is 4.74 Å². The first kappa shape index (κ1) is 58.6. The molecule has 0 aliphatic carbocycles. The number of hydrogen-bond donors (Lipinski definition) is 3. The highest BCUT2D eigenvalue weighted by Gasteiger charge is 2.24. The van der Waals surface area contributed by atoms with Crippen LogP contribution >= 0.6 is 0 Å². The molecule has 1 amide bonds. The van der Waals surface area contributed by atoms with Crippen LogP contribution in [0.3, 0.4) is 0 Å². The Morgan fingerprint density at radius 2 is 0.852 bits per heavy atom. The molecule has 0 aromatic rings. The van der Waals surface area contributed by atoms with Crippen LogP contribution in [0.25, 0.3) is 0 Å². The Hall–Kier alpha value is -2.44. The van der Waals surface area contributed by atoms with Crippen LogP contribution in [-0.4, -0.2) is 46.9 Å². The number of esters is 1. The molecule has 3 atom stereocenters. The molecule has 0 fully saturated rings. The number of hydrogen-bond acceptors (Lipinski definition) is 5. The second-order valence-electron chi connectivity index (χ2n) is 17.7. The van der Waals surface area contributed by atoms with Crippen molar-refractivity contribution in [2.24, 2.45) is 0 Å². The minimum atomic E-state index is -0.794. The number of nitrogens with one attached hydrogen (secondary N) is 1. The summed E-state index contributed by atoms with van der Waals surface area (Å²) in [7, 11) is 0. The molecule has 3 unspecified atom stereocenters. The van der Waals surface area contributed by atoms with E-state index in [1.807, 2.05) is 0 Å². The fourth-order valence-electron chi connectivity index (χ4n) is 7.67. The zero-order valence-corrected chi connectivity index (χ0v) is 40.3. The van der Waals surface area contributed by atoms with Crippen LogP contribution in [0.2, 0.25) is 0 Å². The van der Waals surface area contributed by atoms with Gasteiger partial charge in [0, 0.05) is 6.42 Å². The topological polar surface area (TPSA) is 95.9 Å². The third-order valence-electron chi connectivity index (χ3n) is 11.7. The summed E-state index contributed by atoms with van der Waals surface area (Å²) in [6.07, 6.45) is 59.9. The lowest BCUT2D eigenvalue weighted by Crippen LogP contribution is -2.46. The first-order chi connectivity index (χ1) is 30.0. The smallest absolute Gasteiger partial charge is 0.306 e. The van der Waals surface area contributed by atoms with E-state index in [1.165, 1.54) is 116 Å². The first-order valence-electron chi connectivity index (χ1n) is 26.1. The lowest BCUT2D eigenvalue weighted by molar-refractivity contribution is -0.151. The number of carbonyl (C=O) groups is 2. The second-order valence-corrected chi connectivity index (χ2v) is 17.7. The number of ether oxygens (including phenoxy) is 1. The Balaban J connectivity index is 4.63. The average Bonchev–Trinajstić information content (AvgIpc) is 3.25. The van der Waals surface area contributed by atoms with Crippen molar-refractivity contribution in [2.45, 2.75) is 270 Å². The van der Waals surface area contributed by atoms with E-state index in [2.05, 4.69) is 86.8 Å². The van der Waals surface area contributed by atoms with E-state index in [0.717, 1.165) is 89.9 Å². The van der Waals surface area contributed by atoms with Crippen molar-refractivity contribution in [3.8, 4) is 0 Å². The van der Waals surface area contributed by atoms with Crippen LogP contribution in [0, 0.1) is 0 Å². The van der Waals surface area contributed by atoms with Crippen LogP contribution in [0.4, 0.5) is 0 Å². The number of allylic oxidation sites excluding steroid dienone is 10. The predicted molar refractivity (Wildman–Crippen MR) is 264 cm³/mol. The number of aliphatic hydroxyl groups is 2. The number of aliphatic hydroxyl groups excluding tert-OH is 2. The first-order valence-corrected chi connectivity index (χ1v) is 26.1. The van der Waals surface area contributed by atoms with E-state index >= 15 is 0 Å². The van der Waals surface area contributed by atoms with Crippen LogP contribution in [0.15, 0.2) is 60.8 Å². The monoisotopic (exact) mass is 854 g/mol. The average molecular weight is 854 g/mol. The van der Waals surface area contributed by atoms with E-state index in [9.17, 15) is 19.8 Å². The molecular formula is C55H99NO5. The molecule has 0 aliphatic rings. The molecule has 0 bridgehead atoms. The van der Waals surface area contributed by atoms with Crippen LogP contribution in [0.5, 0.6) is 0 Å². The molecule has 6 heteroatoms. The summed E-state index contributed by atoms with van der Waals surface area (Å²) in [6.45, 7) is 6.42. The molecule has 0 aliphatic heterocycles. The maximum atomic E-state index is 13.2. The van der Waals surface area contributed by atoms with Gasteiger partial charge in [-0.15, -0.1) is 0 Å². The highest BCUT2D eigenvalue weighted by Crippen LogP contribution is 2.17. The van der Waals surface area contributed by atoms with Gasteiger partial charge in [-0.05, 0) is 77.0 Å². The predicted octanol–water partition coefficient (Wildman–Crippen LogP) is 15.6. The van der Waals surface area contributed by atoms with Crippen molar-refractivity contribution in [1.29, 1.82) is 0 Å². The van der Waals surface area contributed by atoms with Gasteiger partial charge in [0.15, 0.2) is 0 Å².